The Bertz CT molecular complexity index is 933. The molecule has 7 atom stereocenters. The number of likely N-dealkylation sites (tertiary alicyclic amines) is 2. The molecule has 1 amide bonds. The van der Waals surface area contributed by atoms with Crippen LogP contribution in [0.3, 0.4) is 0 Å². The minimum atomic E-state index is -4.29. The highest BCUT2D eigenvalue weighted by atomic mass is 19.4. The smallest absolute Gasteiger partial charge is 0.380 e. The number of hydrogen-bond acceptors (Lipinski definition) is 7. The number of alkyl halides is 3. The molecule has 11 heteroatoms. The Morgan fingerprint density at radius 1 is 1.16 bits per heavy atom. The Morgan fingerprint density at radius 3 is 2.58 bits per heavy atom. The summed E-state index contributed by atoms with van der Waals surface area (Å²) in [5.74, 6) is -2.38. The molecule has 0 spiro atoms. The van der Waals surface area contributed by atoms with Crippen molar-refractivity contribution in [3.05, 3.63) is 0 Å². The van der Waals surface area contributed by atoms with Crippen molar-refractivity contribution in [1.82, 2.24) is 25.6 Å². The summed E-state index contributed by atoms with van der Waals surface area (Å²) in [5, 5.41) is 9.05. The monoisotopic (exact) mass is 538 g/mol. The SMILES string of the molecule is CN1CNNC1CC1(C2CCCC(N3CC4C(CC(CN5CC(C#N)C5)CC4C(F)(F)F)C3=O)C2)COC1. The highest BCUT2D eigenvalue weighted by molar-refractivity contribution is 5.82. The minimum absolute atomic E-state index is 0.0157. The standard InChI is InChI=1S/C27H41F3N6O2/c1-34-16-32-33-24(34)8-26(14-38-15-26)19-3-2-4-20(7-19)36-13-22-21(25(36)37)5-17(6-23(22)27(28,29)30)10-35-11-18(9-31)12-35/h17-24,32-33H,2-8,10-16H2,1H3. The van der Waals surface area contributed by atoms with Crippen molar-refractivity contribution in [2.24, 2.45) is 40.9 Å². The van der Waals surface area contributed by atoms with E-state index in [1.165, 1.54) is 0 Å². The van der Waals surface area contributed by atoms with Crippen LogP contribution in [0.2, 0.25) is 0 Å². The lowest BCUT2D eigenvalue weighted by Crippen LogP contribution is -2.56. The zero-order valence-corrected chi connectivity index (χ0v) is 22.3. The first-order valence-corrected chi connectivity index (χ1v) is 14.4. The first-order valence-electron chi connectivity index (χ1n) is 14.4. The number of nitrogens with zero attached hydrogens (tertiary/aromatic N) is 4. The third-order valence-electron chi connectivity index (χ3n) is 10.8. The van der Waals surface area contributed by atoms with Crippen molar-refractivity contribution in [3.63, 3.8) is 0 Å². The number of carbonyl (C=O) groups excluding carboxylic acids is 1. The normalized spacial score (nSPS) is 40.4. The molecule has 8 nitrogen and oxygen atoms in total. The molecule has 0 aromatic heterocycles. The van der Waals surface area contributed by atoms with Gasteiger partial charge < -0.3 is 14.5 Å². The van der Waals surface area contributed by atoms with E-state index in [9.17, 15) is 18.0 Å². The van der Waals surface area contributed by atoms with Gasteiger partial charge in [-0.25, -0.2) is 10.9 Å². The van der Waals surface area contributed by atoms with E-state index in [-0.39, 0.29) is 48.3 Å². The van der Waals surface area contributed by atoms with Gasteiger partial charge in [0.25, 0.3) is 0 Å². The Balaban J connectivity index is 1.14. The van der Waals surface area contributed by atoms with Gasteiger partial charge in [0.1, 0.15) is 0 Å². The lowest BCUT2D eigenvalue weighted by atomic mass is 9.64. The third kappa shape index (κ3) is 4.85. The van der Waals surface area contributed by atoms with Gasteiger partial charge in [-0.15, -0.1) is 0 Å². The molecule has 2 N–H and O–H groups in total. The number of halogens is 3. The summed E-state index contributed by atoms with van der Waals surface area (Å²) in [6, 6.07) is 2.26. The molecule has 0 bridgehead atoms. The van der Waals surface area contributed by atoms with E-state index in [4.69, 9.17) is 10.00 Å². The lowest BCUT2D eigenvalue weighted by Gasteiger charge is -2.52. The molecule has 6 aliphatic rings. The van der Waals surface area contributed by atoms with Gasteiger partial charge in [-0.05, 0) is 63.3 Å². The Hall–Kier alpha value is -1.45. The van der Waals surface area contributed by atoms with Crippen molar-refractivity contribution < 1.29 is 22.7 Å². The van der Waals surface area contributed by atoms with Crippen LogP contribution in [0.25, 0.3) is 0 Å². The van der Waals surface area contributed by atoms with Crippen LogP contribution in [-0.4, -0.2) is 92.1 Å². The number of hydrazine groups is 1. The molecule has 4 heterocycles. The predicted octanol–water partition coefficient (Wildman–Crippen LogP) is 2.39. The molecule has 2 aliphatic carbocycles. The number of nitrogens with one attached hydrogen (secondary N) is 2. The van der Waals surface area contributed by atoms with E-state index < -0.39 is 23.9 Å². The van der Waals surface area contributed by atoms with Crippen LogP contribution in [0.15, 0.2) is 0 Å². The maximum atomic E-state index is 14.3. The molecular weight excluding hydrogens is 497 g/mol. The molecule has 6 rings (SSSR count). The van der Waals surface area contributed by atoms with Crippen LogP contribution < -0.4 is 10.9 Å². The number of nitriles is 1. The maximum Gasteiger partial charge on any atom is 0.392 e. The second-order valence-electron chi connectivity index (χ2n) is 13.1. The molecule has 212 valence electrons. The number of rotatable bonds is 6. The number of fused-ring (bicyclic) bond motifs is 1. The zero-order chi connectivity index (χ0) is 26.7. The summed E-state index contributed by atoms with van der Waals surface area (Å²) in [6.07, 6.45) is 1.38. The highest BCUT2D eigenvalue weighted by Crippen LogP contribution is 2.53. The summed E-state index contributed by atoms with van der Waals surface area (Å²) in [7, 11) is 2.09. The van der Waals surface area contributed by atoms with Gasteiger partial charge in [0.15, 0.2) is 0 Å². The quantitative estimate of drug-likeness (QED) is 0.537. The molecule has 6 fully saturated rings. The topological polar surface area (TPSA) is 83.9 Å². The average molecular weight is 539 g/mol. The fourth-order valence-corrected chi connectivity index (χ4v) is 8.52. The first-order chi connectivity index (χ1) is 18.2. The Kier molecular flexibility index (Phi) is 7.17. The molecule has 0 radical (unpaired) electrons. The zero-order valence-electron chi connectivity index (χ0n) is 22.3. The predicted molar refractivity (Wildman–Crippen MR) is 133 cm³/mol. The van der Waals surface area contributed by atoms with Crippen LogP contribution >= 0.6 is 0 Å². The average Bonchev–Trinajstić information content (AvgIpc) is 3.39. The van der Waals surface area contributed by atoms with Crippen LogP contribution in [0, 0.1) is 52.3 Å². The van der Waals surface area contributed by atoms with Crippen LogP contribution in [0.4, 0.5) is 13.2 Å². The number of carbonyl (C=O) groups is 1. The van der Waals surface area contributed by atoms with Gasteiger partial charge >= 0.3 is 6.18 Å². The van der Waals surface area contributed by atoms with E-state index in [0.29, 0.717) is 32.0 Å². The first kappa shape index (κ1) is 26.8. The van der Waals surface area contributed by atoms with Gasteiger partial charge in [0, 0.05) is 43.6 Å². The van der Waals surface area contributed by atoms with Crippen molar-refractivity contribution in [2.75, 3.05) is 53.1 Å². The molecule has 4 aliphatic heterocycles. The van der Waals surface area contributed by atoms with E-state index in [0.717, 1.165) is 52.0 Å². The third-order valence-corrected chi connectivity index (χ3v) is 10.8. The summed E-state index contributed by atoms with van der Waals surface area (Å²) < 4.78 is 48.6. The molecule has 38 heavy (non-hydrogen) atoms. The van der Waals surface area contributed by atoms with Gasteiger partial charge in [0.05, 0.1) is 44.0 Å². The summed E-state index contributed by atoms with van der Waals surface area (Å²) in [4.78, 5) is 19.9. The van der Waals surface area contributed by atoms with E-state index in [1.54, 1.807) is 0 Å². The van der Waals surface area contributed by atoms with Crippen LogP contribution in [-0.2, 0) is 9.53 Å². The van der Waals surface area contributed by atoms with Crippen molar-refractivity contribution in [3.8, 4) is 6.07 Å². The van der Waals surface area contributed by atoms with Gasteiger partial charge in [-0.2, -0.15) is 18.4 Å². The number of ether oxygens (including phenoxy) is 1. The Morgan fingerprint density at radius 2 is 1.95 bits per heavy atom. The van der Waals surface area contributed by atoms with E-state index in [2.05, 4.69) is 33.8 Å². The summed E-state index contributed by atoms with van der Waals surface area (Å²) in [6.45, 7) is 4.31. The molecule has 7 unspecified atom stereocenters. The molecule has 0 aromatic rings. The highest BCUT2D eigenvalue weighted by Gasteiger charge is 2.58. The Labute approximate surface area is 223 Å². The molecule has 4 saturated heterocycles. The van der Waals surface area contributed by atoms with Gasteiger partial charge in [-0.1, -0.05) is 6.42 Å². The van der Waals surface area contributed by atoms with Crippen molar-refractivity contribution in [2.45, 2.75) is 63.3 Å². The number of hydrogen-bond donors (Lipinski definition) is 2. The second kappa shape index (κ2) is 10.2. The fourth-order valence-electron chi connectivity index (χ4n) is 8.52. The van der Waals surface area contributed by atoms with Gasteiger partial charge in [0.2, 0.25) is 5.91 Å². The largest absolute Gasteiger partial charge is 0.392 e. The lowest BCUT2D eigenvalue weighted by molar-refractivity contribution is -0.204. The van der Waals surface area contributed by atoms with Gasteiger partial charge in [-0.3, -0.25) is 9.69 Å². The van der Waals surface area contributed by atoms with Crippen molar-refractivity contribution >= 4 is 5.91 Å². The minimum Gasteiger partial charge on any atom is -0.380 e. The van der Waals surface area contributed by atoms with Crippen molar-refractivity contribution in [1.29, 1.82) is 5.26 Å². The van der Waals surface area contributed by atoms with Crippen LogP contribution in [0.1, 0.15) is 44.9 Å². The fraction of sp³-hybridized carbons (Fsp3) is 0.926. The molecule has 0 aromatic carbocycles. The maximum absolute atomic E-state index is 14.3. The second-order valence-corrected chi connectivity index (χ2v) is 13.1. The van der Waals surface area contributed by atoms with E-state index in [1.807, 2.05) is 4.90 Å². The number of amides is 1. The van der Waals surface area contributed by atoms with E-state index >= 15 is 0 Å². The van der Waals surface area contributed by atoms with Crippen LogP contribution in [0.5, 0.6) is 0 Å². The summed E-state index contributed by atoms with van der Waals surface area (Å²) in [5.41, 5.74) is 6.62. The molecule has 2 saturated carbocycles. The summed E-state index contributed by atoms with van der Waals surface area (Å²) >= 11 is 0. The molecular formula is C27H41F3N6O2.